The highest BCUT2D eigenvalue weighted by molar-refractivity contribution is 5.79. The Morgan fingerprint density at radius 3 is 2.32 bits per heavy atom. The molecule has 0 atom stereocenters. The van der Waals surface area contributed by atoms with Gasteiger partial charge in [0.2, 0.25) is 0 Å². The number of ether oxygens (including phenoxy) is 1. The van der Waals surface area contributed by atoms with E-state index in [0.29, 0.717) is 0 Å². The molecule has 1 saturated carbocycles. The molecule has 0 aromatic heterocycles. The summed E-state index contributed by atoms with van der Waals surface area (Å²) in [6.45, 7) is 10.2. The molecule has 6 heteroatoms. The minimum atomic E-state index is 0.0877. The zero-order valence-corrected chi connectivity index (χ0v) is 17.0. The molecule has 2 rings (SSSR count). The highest BCUT2D eigenvalue weighted by Crippen LogP contribution is 2.33. The van der Waals surface area contributed by atoms with Gasteiger partial charge in [-0.05, 0) is 40.8 Å². The van der Waals surface area contributed by atoms with E-state index in [9.17, 15) is 0 Å². The highest BCUT2D eigenvalue weighted by Gasteiger charge is 2.38. The average Bonchev–Trinajstić information content (AvgIpc) is 2.63. The maximum atomic E-state index is 5.58. The van der Waals surface area contributed by atoms with Crippen molar-refractivity contribution in [3.8, 4) is 0 Å². The molecule has 0 amide bonds. The molecule has 146 valence electrons. The normalized spacial score (nSPS) is 22.9. The topological polar surface area (TPSA) is 52.1 Å². The summed E-state index contributed by atoms with van der Waals surface area (Å²) < 4.78 is 5.58. The fourth-order valence-electron chi connectivity index (χ4n) is 3.78. The van der Waals surface area contributed by atoms with Crippen molar-refractivity contribution in [3.05, 3.63) is 0 Å². The summed E-state index contributed by atoms with van der Waals surface area (Å²) in [5, 5.41) is 7.13. The van der Waals surface area contributed by atoms with Crippen molar-refractivity contribution in [2.75, 3.05) is 60.5 Å². The average molecular weight is 354 g/mol. The van der Waals surface area contributed by atoms with Gasteiger partial charge in [0.15, 0.2) is 5.96 Å². The van der Waals surface area contributed by atoms with Gasteiger partial charge in [-0.1, -0.05) is 19.3 Å². The van der Waals surface area contributed by atoms with Crippen LogP contribution in [0.4, 0.5) is 0 Å². The summed E-state index contributed by atoms with van der Waals surface area (Å²) in [4.78, 5) is 9.35. The van der Waals surface area contributed by atoms with E-state index in [1.807, 2.05) is 7.05 Å². The number of guanidine groups is 1. The van der Waals surface area contributed by atoms with Crippen molar-refractivity contribution >= 4 is 5.96 Å². The van der Waals surface area contributed by atoms with E-state index in [1.165, 1.54) is 32.1 Å². The number of nitrogens with one attached hydrogen (secondary N) is 2. The second-order valence-corrected chi connectivity index (χ2v) is 8.37. The Morgan fingerprint density at radius 1 is 1.12 bits per heavy atom. The summed E-state index contributed by atoms with van der Waals surface area (Å²) in [5.41, 5.74) is 0.348. The molecule has 6 nitrogen and oxygen atoms in total. The number of hydrogen-bond acceptors (Lipinski definition) is 4. The summed E-state index contributed by atoms with van der Waals surface area (Å²) in [7, 11) is 6.10. The first kappa shape index (κ1) is 20.5. The van der Waals surface area contributed by atoms with Crippen molar-refractivity contribution < 1.29 is 4.74 Å². The lowest BCUT2D eigenvalue weighted by Crippen LogP contribution is -2.61. The van der Waals surface area contributed by atoms with Gasteiger partial charge in [0.1, 0.15) is 0 Å². The van der Waals surface area contributed by atoms with Gasteiger partial charge in [0, 0.05) is 44.3 Å². The van der Waals surface area contributed by atoms with Gasteiger partial charge < -0.3 is 20.3 Å². The predicted molar refractivity (Wildman–Crippen MR) is 105 cm³/mol. The van der Waals surface area contributed by atoms with Gasteiger partial charge >= 0.3 is 0 Å². The van der Waals surface area contributed by atoms with Crippen molar-refractivity contribution in [3.63, 3.8) is 0 Å². The molecular formula is C19H39N5O. The summed E-state index contributed by atoms with van der Waals surface area (Å²) in [5.74, 6) is 0.910. The van der Waals surface area contributed by atoms with Crippen LogP contribution in [-0.4, -0.2) is 87.4 Å². The summed E-state index contributed by atoms with van der Waals surface area (Å²) >= 11 is 0. The van der Waals surface area contributed by atoms with E-state index in [1.54, 1.807) is 0 Å². The Morgan fingerprint density at radius 2 is 1.76 bits per heavy atom. The molecule has 0 spiro atoms. The number of aliphatic imine (C=N–C) groups is 1. The van der Waals surface area contributed by atoms with Crippen LogP contribution < -0.4 is 10.6 Å². The molecule has 0 unspecified atom stereocenters. The Hall–Kier alpha value is -0.850. The fourth-order valence-corrected chi connectivity index (χ4v) is 3.78. The van der Waals surface area contributed by atoms with Gasteiger partial charge in [-0.3, -0.25) is 9.89 Å². The van der Waals surface area contributed by atoms with Crippen LogP contribution in [0.15, 0.2) is 4.99 Å². The van der Waals surface area contributed by atoms with Crippen LogP contribution in [0.5, 0.6) is 0 Å². The van der Waals surface area contributed by atoms with Crippen molar-refractivity contribution in [1.82, 2.24) is 20.4 Å². The quantitative estimate of drug-likeness (QED) is 0.560. The lowest BCUT2D eigenvalue weighted by molar-refractivity contribution is -0.0352. The molecule has 2 N–H and O–H groups in total. The van der Waals surface area contributed by atoms with E-state index in [4.69, 9.17) is 4.74 Å². The molecule has 25 heavy (non-hydrogen) atoms. The molecule has 1 saturated heterocycles. The molecule has 1 heterocycles. The molecule has 1 aliphatic heterocycles. The second-order valence-electron chi connectivity index (χ2n) is 8.37. The van der Waals surface area contributed by atoms with E-state index in [-0.39, 0.29) is 11.1 Å². The third kappa shape index (κ3) is 5.56. The first-order chi connectivity index (χ1) is 11.9. The Kier molecular flexibility index (Phi) is 7.52. The van der Waals surface area contributed by atoms with Crippen molar-refractivity contribution in [2.45, 2.75) is 57.0 Å². The number of morpholine rings is 1. The molecule has 2 aliphatic rings. The number of hydrogen-bond donors (Lipinski definition) is 2. The molecule has 0 aromatic carbocycles. The predicted octanol–water partition coefficient (Wildman–Crippen LogP) is 1.53. The highest BCUT2D eigenvalue weighted by atomic mass is 16.5. The van der Waals surface area contributed by atoms with Crippen LogP contribution in [0.2, 0.25) is 0 Å². The zero-order chi connectivity index (χ0) is 18.3. The van der Waals surface area contributed by atoms with Crippen LogP contribution in [0, 0.1) is 0 Å². The van der Waals surface area contributed by atoms with Crippen LogP contribution in [0.25, 0.3) is 0 Å². The first-order valence-corrected chi connectivity index (χ1v) is 9.84. The van der Waals surface area contributed by atoms with Gasteiger partial charge in [-0.15, -0.1) is 0 Å². The SMILES string of the molecule is CN=C(NCC(C)(C)N(C)C)NCC1(N2CCOCC2)CCCCC1. The number of nitrogens with zero attached hydrogens (tertiary/aromatic N) is 3. The minimum Gasteiger partial charge on any atom is -0.379 e. The molecule has 0 aromatic rings. The van der Waals surface area contributed by atoms with Crippen molar-refractivity contribution in [1.29, 1.82) is 0 Å². The summed E-state index contributed by atoms with van der Waals surface area (Å²) in [6.07, 6.45) is 6.59. The van der Waals surface area contributed by atoms with Crippen LogP contribution in [0.1, 0.15) is 46.0 Å². The lowest BCUT2D eigenvalue weighted by Gasteiger charge is -2.48. The van der Waals surface area contributed by atoms with Crippen LogP contribution >= 0.6 is 0 Å². The Bertz CT molecular complexity index is 424. The largest absolute Gasteiger partial charge is 0.379 e. The Balaban J connectivity index is 1.94. The molecule has 1 aliphatic carbocycles. The third-order valence-corrected chi connectivity index (χ3v) is 6.17. The standard InChI is InChI=1S/C19H39N5O/c1-18(2,23(4)5)15-21-17(20-3)22-16-19(9-7-6-8-10-19)24-11-13-25-14-12-24/h6-16H2,1-5H3,(H2,20,21,22). The van der Waals surface area contributed by atoms with Crippen LogP contribution in [0.3, 0.4) is 0 Å². The van der Waals surface area contributed by atoms with E-state index in [2.05, 4.69) is 53.4 Å². The smallest absolute Gasteiger partial charge is 0.191 e. The molecule has 0 radical (unpaired) electrons. The molecule has 0 bridgehead atoms. The molecule has 2 fully saturated rings. The maximum absolute atomic E-state index is 5.58. The lowest BCUT2D eigenvalue weighted by atomic mass is 9.80. The number of likely N-dealkylation sites (N-methyl/N-ethyl adjacent to an activating group) is 1. The Labute approximate surface area is 154 Å². The second kappa shape index (κ2) is 9.19. The third-order valence-electron chi connectivity index (χ3n) is 6.17. The fraction of sp³-hybridized carbons (Fsp3) is 0.947. The van der Waals surface area contributed by atoms with Gasteiger partial charge in [-0.2, -0.15) is 0 Å². The zero-order valence-electron chi connectivity index (χ0n) is 17.0. The van der Waals surface area contributed by atoms with Crippen molar-refractivity contribution in [2.24, 2.45) is 4.99 Å². The van der Waals surface area contributed by atoms with Gasteiger partial charge in [0.25, 0.3) is 0 Å². The summed E-state index contributed by atoms with van der Waals surface area (Å²) in [6, 6.07) is 0. The minimum absolute atomic E-state index is 0.0877. The number of rotatable bonds is 6. The van der Waals surface area contributed by atoms with Gasteiger partial charge in [0.05, 0.1) is 13.2 Å². The monoisotopic (exact) mass is 353 g/mol. The van der Waals surface area contributed by atoms with E-state index >= 15 is 0 Å². The first-order valence-electron chi connectivity index (χ1n) is 9.84. The van der Waals surface area contributed by atoms with E-state index in [0.717, 1.165) is 45.4 Å². The van der Waals surface area contributed by atoms with Crippen LogP contribution in [-0.2, 0) is 4.74 Å². The molecular weight excluding hydrogens is 314 g/mol. The van der Waals surface area contributed by atoms with E-state index < -0.39 is 0 Å². The van der Waals surface area contributed by atoms with Gasteiger partial charge in [-0.25, -0.2) is 0 Å². The maximum Gasteiger partial charge on any atom is 0.191 e.